The number of hydrogen-bond acceptors (Lipinski definition) is 3. The number of benzene rings is 1. The summed E-state index contributed by atoms with van der Waals surface area (Å²) < 4.78 is 27.1. The zero-order valence-electron chi connectivity index (χ0n) is 16.1. The molecule has 1 aromatic rings. The summed E-state index contributed by atoms with van der Waals surface area (Å²) in [5.74, 6) is 0.826. The standard InChI is InChI=1S/C20H29BrFNO3/c1-15-16(21)7-5-8-17(15)25-14-6-9-20(22)10-12-23(13-11-20)18(24)26-19(2,3)4/h5,7-8H,6,9-14H2,1-4H3. The molecule has 0 N–H and O–H groups in total. The van der Waals surface area contributed by atoms with Crippen LogP contribution in [0.25, 0.3) is 0 Å². The molecule has 6 heteroatoms. The summed E-state index contributed by atoms with van der Waals surface area (Å²) in [6.45, 7) is 8.78. The Kier molecular flexibility index (Phi) is 6.94. The minimum Gasteiger partial charge on any atom is -0.493 e. The van der Waals surface area contributed by atoms with Crippen LogP contribution in [0.4, 0.5) is 9.18 Å². The van der Waals surface area contributed by atoms with Crippen LogP contribution in [0, 0.1) is 6.92 Å². The lowest BCUT2D eigenvalue weighted by Crippen LogP contribution is -2.46. The molecule has 146 valence electrons. The number of amides is 1. The van der Waals surface area contributed by atoms with Crippen LogP contribution in [-0.4, -0.2) is 42.0 Å². The fourth-order valence-corrected chi connectivity index (χ4v) is 3.33. The zero-order chi connectivity index (χ0) is 19.4. The molecule has 0 bridgehead atoms. The number of likely N-dealkylation sites (tertiary alicyclic amines) is 1. The predicted molar refractivity (Wildman–Crippen MR) is 104 cm³/mol. The number of hydrogen-bond donors (Lipinski definition) is 0. The molecule has 1 heterocycles. The maximum Gasteiger partial charge on any atom is 0.410 e. The molecule has 0 aromatic heterocycles. The molecule has 4 nitrogen and oxygen atoms in total. The van der Waals surface area contributed by atoms with Crippen LogP contribution >= 0.6 is 15.9 Å². The first-order valence-corrected chi connectivity index (χ1v) is 9.94. The molecule has 0 radical (unpaired) electrons. The van der Waals surface area contributed by atoms with Crippen LogP contribution in [-0.2, 0) is 4.74 Å². The number of alkyl halides is 1. The lowest BCUT2D eigenvalue weighted by atomic mass is 9.89. The van der Waals surface area contributed by atoms with Gasteiger partial charge in [-0.15, -0.1) is 0 Å². The van der Waals surface area contributed by atoms with Gasteiger partial charge in [-0.3, -0.25) is 0 Å². The molecule has 1 fully saturated rings. The Morgan fingerprint density at radius 3 is 2.58 bits per heavy atom. The predicted octanol–water partition coefficient (Wildman–Crippen LogP) is 5.66. The van der Waals surface area contributed by atoms with Crippen LogP contribution in [0.1, 0.15) is 52.0 Å². The second-order valence-corrected chi connectivity index (χ2v) is 8.79. The average molecular weight is 430 g/mol. The summed E-state index contributed by atoms with van der Waals surface area (Å²) in [4.78, 5) is 13.7. The Balaban J connectivity index is 1.74. The number of carbonyl (C=O) groups excluding carboxylic acids is 1. The summed E-state index contributed by atoms with van der Waals surface area (Å²) in [7, 11) is 0. The molecule has 1 aliphatic rings. The fraction of sp³-hybridized carbons (Fsp3) is 0.650. The summed E-state index contributed by atoms with van der Waals surface area (Å²) in [6.07, 6.45) is 1.44. The number of ether oxygens (including phenoxy) is 2. The van der Waals surface area contributed by atoms with Crippen molar-refractivity contribution >= 4 is 22.0 Å². The van der Waals surface area contributed by atoms with Crippen molar-refractivity contribution in [2.75, 3.05) is 19.7 Å². The van der Waals surface area contributed by atoms with Gasteiger partial charge in [-0.25, -0.2) is 9.18 Å². The van der Waals surface area contributed by atoms with E-state index >= 15 is 0 Å². The zero-order valence-corrected chi connectivity index (χ0v) is 17.7. The molecular weight excluding hydrogens is 401 g/mol. The molecule has 1 aliphatic heterocycles. The summed E-state index contributed by atoms with van der Waals surface area (Å²) in [5, 5.41) is 0. The van der Waals surface area contributed by atoms with Gasteiger partial charge in [-0.05, 0) is 65.5 Å². The van der Waals surface area contributed by atoms with Crippen molar-refractivity contribution in [3.05, 3.63) is 28.2 Å². The van der Waals surface area contributed by atoms with Gasteiger partial charge in [0.05, 0.1) is 6.61 Å². The lowest BCUT2D eigenvalue weighted by molar-refractivity contribution is 0.000346. The minimum atomic E-state index is -1.23. The second kappa shape index (κ2) is 8.59. The summed E-state index contributed by atoms with van der Waals surface area (Å²) in [6, 6.07) is 5.82. The number of rotatable bonds is 5. The Hall–Kier alpha value is -1.30. The third kappa shape index (κ3) is 6.15. The Morgan fingerprint density at radius 1 is 1.31 bits per heavy atom. The first-order chi connectivity index (χ1) is 12.1. The van der Waals surface area contributed by atoms with Crippen molar-refractivity contribution < 1.29 is 18.7 Å². The molecule has 26 heavy (non-hydrogen) atoms. The molecule has 1 aromatic carbocycles. The molecule has 2 rings (SSSR count). The van der Waals surface area contributed by atoms with Gasteiger partial charge in [-0.1, -0.05) is 22.0 Å². The largest absolute Gasteiger partial charge is 0.493 e. The van der Waals surface area contributed by atoms with E-state index in [0.717, 1.165) is 15.8 Å². The molecule has 0 unspecified atom stereocenters. The van der Waals surface area contributed by atoms with Gasteiger partial charge in [-0.2, -0.15) is 0 Å². The van der Waals surface area contributed by atoms with Crippen molar-refractivity contribution in [3.63, 3.8) is 0 Å². The van der Waals surface area contributed by atoms with Crippen LogP contribution in [0.2, 0.25) is 0 Å². The Bertz CT molecular complexity index is 622. The van der Waals surface area contributed by atoms with E-state index in [9.17, 15) is 9.18 Å². The molecule has 0 aliphatic carbocycles. The van der Waals surface area contributed by atoms with Crippen molar-refractivity contribution in [2.24, 2.45) is 0 Å². The van der Waals surface area contributed by atoms with Crippen LogP contribution in [0.5, 0.6) is 5.75 Å². The van der Waals surface area contributed by atoms with E-state index in [4.69, 9.17) is 9.47 Å². The number of carbonyl (C=O) groups is 1. The van der Waals surface area contributed by atoms with Gasteiger partial charge in [0, 0.05) is 23.1 Å². The van der Waals surface area contributed by atoms with Crippen molar-refractivity contribution in [1.82, 2.24) is 4.90 Å². The third-order valence-corrected chi connectivity index (χ3v) is 5.42. The monoisotopic (exact) mass is 429 g/mol. The third-order valence-electron chi connectivity index (χ3n) is 4.56. The van der Waals surface area contributed by atoms with E-state index < -0.39 is 11.3 Å². The maximum atomic E-state index is 15.0. The first-order valence-electron chi connectivity index (χ1n) is 9.14. The second-order valence-electron chi connectivity index (χ2n) is 7.93. The van der Waals surface area contributed by atoms with Crippen LogP contribution in [0.15, 0.2) is 22.7 Å². The SMILES string of the molecule is Cc1c(Br)cccc1OCCCC1(F)CCN(C(=O)OC(C)(C)C)CC1. The molecule has 0 spiro atoms. The topological polar surface area (TPSA) is 38.8 Å². The van der Waals surface area contributed by atoms with E-state index in [-0.39, 0.29) is 6.09 Å². The van der Waals surface area contributed by atoms with E-state index in [2.05, 4.69) is 15.9 Å². The number of nitrogens with zero attached hydrogens (tertiary/aromatic N) is 1. The number of piperidine rings is 1. The van der Waals surface area contributed by atoms with Gasteiger partial charge in [0.2, 0.25) is 0 Å². The van der Waals surface area contributed by atoms with Gasteiger partial charge in [0.25, 0.3) is 0 Å². The van der Waals surface area contributed by atoms with E-state index in [0.29, 0.717) is 45.4 Å². The Labute approximate surface area is 164 Å². The first kappa shape index (κ1) is 21.0. The normalized spacial score (nSPS) is 17.1. The van der Waals surface area contributed by atoms with Crippen molar-refractivity contribution in [2.45, 2.75) is 64.6 Å². The smallest absolute Gasteiger partial charge is 0.410 e. The van der Waals surface area contributed by atoms with Crippen molar-refractivity contribution in [1.29, 1.82) is 0 Å². The summed E-state index contributed by atoms with van der Waals surface area (Å²) in [5.41, 5.74) is -0.703. The van der Waals surface area contributed by atoms with Crippen molar-refractivity contribution in [3.8, 4) is 5.75 Å². The molecule has 1 saturated heterocycles. The summed E-state index contributed by atoms with van der Waals surface area (Å²) >= 11 is 3.48. The van der Waals surface area contributed by atoms with E-state index in [1.165, 1.54) is 0 Å². The number of halogens is 2. The highest BCUT2D eigenvalue weighted by Gasteiger charge is 2.36. The van der Waals surface area contributed by atoms with Gasteiger partial charge in [0.15, 0.2) is 0 Å². The molecular formula is C20H29BrFNO3. The van der Waals surface area contributed by atoms with Crippen LogP contribution in [0.3, 0.4) is 0 Å². The maximum absolute atomic E-state index is 15.0. The molecule has 1 amide bonds. The van der Waals surface area contributed by atoms with E-state index in [1.54, 1.807) is 4.90 Å². The molecule has 0 saturated carbocycles. The highest BCUT2D eigenvalue weighted by atomic mass is 79.9. The average Bonchev–Trinajstić information content (AvgIpc) is 2.54. The quantitative estimate of drug-likeness (QED) is 0.567. The lowest BCUT2D eigenvalue weighted by Gasteiger charge is -2.37. The van der Waals surface area contributed by atoms with E-state index in [1.807, 2.05) is 45.9 Å². The van der Waals surface area contributed by atoms with Gasteiger partial charge in [0.1, 0.15) is 17.0 Å². The minimum absolute atomic E-state index is 0.349. The van der Waals surface area contributed by atoms with Gasteiger partial charge >= 0.3 is 6.09 Å². The fourth-order valence-electron chi connectivity index (χ4n) is 2.98. The highest BCUT2D eigenvalue weighted by Crippen LogP contribution is 2.32. The highest BCUT2D eigenvalue weighted by molar-refractivity contribution is 9.10. The van der Waals surface area contributed by atoms with Gasteiger partial charge < -0.3 is 14.4 Å². The van der Waals surface area contributed by atoms with Crippen LogP contribution < -0.4 is 4.74 Å². The Morgan fingerprint density at radius 2 is 1.96 bits per heavy atom. The molecule has 0 atom stereocenters.